The fourth-order valence-electron chi connectivity index (χ4n) is 0.898. The maximum atomic E-state index is 10.4. The van der Waals surface area contributed by atoms with E-state index in [0.717, 1.165) is 0 Å². The predicted octanol–water partition coefficient (Wildman–Crippen LogP) is 0.141. The Hall–Kier alpha value is 0.0600. The fraction of sp³-hybridized carbons (Fsp3) is 1.00. The lowest BCUT2D eigenvalue weighted by atomic mass is 10.2. The lowest BCUT2D eigenvalue weighted by Crippen LogP contribution is -2.19. The molecule has 0 radical (unpaired) electrons. The molecule has 0 amide bonds. The van der Waals surface area contributed by atoms with E-state index in [2.05, 4.69) is 9.37 Å². The van der Waals surface area contributed by atoms with Crippen molar-refractivity contribution in [2.75, 3.05) is 0 Å². The van der Waals surface area contributed by atoms with Crippen molar-refractivity contribution in [2.45, 2.75) is 36.6 Å². The Kier molecular flexibility index (Phi) is 8.23. The molecule has 0 saturated heterocycles. The first-order chi connectivity index (χ1) is 7.38. The molecule has 0 fully saturated rings. The summed E-state index contributed by atoms with van der Waals surface area (Å²) in [5, 5.41) is 29.1. The van der Waals surface area contributed by atoms with Crippen LogP contribution in [0.1, 0.15) is 25.7 Å². The van der Waals surface area contributed by atoms with Crippen LogP contribution < -0.4 is 0 Å². The smallest absolute Gasteiger partial charge is 0.291 e. The van der Waals surface area contributed by atoms with E-state index in [-0.39, 0.29) is 12.8 Å². The Labute approximate surface area is 97.0 Å². The summed E-state index contributed by atoms with van der Waals surface area (Å²) in [5.74, 6) is 0. The van der Waals surface area contributed by atoms with Crippen LogP contribution in [0.5, 0.6) is 0 Å². The average Bonchev–Trinajstić information content (AvgIpc) is 2.19. The minimum absolute atomic E-state index is 0.117. The molecule has 0 saturated carbocycles. The van der Waals surface area contributed by atoms with Crippen LogP contribution in [0.4, 0.5) is 0 Å². The Morgan fingerprint density at radius 1 is 1.19 bits per heavy atom. The topological polar surface area (TPSA) is 134 Å². The highest BCUT2D eigenvalue weighted by Crippen LogP contribution is 2.17. The highest BCUT2D eigenvalue weighted by atomic mass is 32.2. The molecule has 2 unspecified atom stereocenters. The molecule has 98 valence electrons. The van der Waals surface area contributed by atoms with Gasteiger partial charge < -0.3 is 10.2 Å². The van der Waals surface area contributed by atoms with Gasteiger partial charge >= 0.3 is 0 Å². The summed E-state index contributed by atoms with van der Waals surface area (Å²) in [6, 6.07) is 0. The molecule has 2 atom stereocenters. The van der Waals surface area contributed by atoms with Crippen LogP contribution in [0.25, 0.3) is 0 Å². The quantitative estimate of drug-likeness (QED) is 0.116. The second kappa shape index (κ2) is 8.20. The van der Waals surface area contributed by atoms with Gasteiger partial charge in [-0.25, -0.2) is 5.26 Å². The van der Waals surface area contributed by atoms with Gasteiger partial charge in [0.05, 0.1) is 12.0 Å². The van der Waals surface area contributed by atoms with Gasteiger partial charge in [0.1, 0.15) is 5.44 Å². The lowest BCUT2D eigenvalue weighted by Gasteiger charge is -2.08. The zero-order valence-electron chi connectivity index (χ0n) is 8.22. The number of aliphatic hydroxyl groups is 2. The van der Waals surface area contributed by atoms with Gasteiger partial charge in [-0.05, 0) is 25.7 Å². The summed E-state index contributed by atoms with van der Waals surface area (Å²) in [6.07, 6.45) is 0.855. The van der Waals surface area contributed by atoms with Crippen molar-refractivity contribution in [2.24, 2.45) is 0 Å². The van der Waals surface area contributed by atoms with Crippen LogP contribution in [-0.2, 0) is 19.5 Å². The van der Waals surface area contributed by atoms with Gasteiger partial charge in [0.15, 0.2) is 5.44 Å². The Morgan fingerprint density at radius 3 is 2.25 bits per heavy atom. The summed E-state index contributed by atoms with van der Waals surface area (Å²) in [5.41, 5.74) is -2.73. The molecular formula is C6H14O8S2. The highest BCUT2D eigenvalue weighted by Gasteiger charge is 2.18. The average molecular weight is 278 g/mol. The molecule has 4 N–H and O–H groups in total. The van der Waals surface area contributed by atoms with Crippen molar-refractivity contribution < 1.29 is 37.8 Å². The second-order valence-corrected chi connectivity index (χ2v) is 5.39. The van der Waals surface area contributed by atoms with E-state index in [1.165, 1.54) is 0 Å². The third-order valence-corrected chi connectivity index (χ3v) is 3.20. The molecule has 0 aliphatic rings. The van der Waals surface area contributed by atoms with E-state index in [1.54, 1.807) is 0 Å². The highest BCUT2D eigenvalue weighted by molar-refractivity contribution is 7.95. The fourth-order valence-corrected chi connectivity index (χ4v) is 1.75. The number of aliphatic hydroxyl groups excluding tert-OH is 2. The molecule has 0 aliphatic heterocycles. The van der Waals surface area contributed by atoms with Crippen LogP contribution in [0, 0.1) is 0 Å². The second-order valence-electron chi connectivity index (χ2n) is 2.95. The van der Waals surface area contributed by atoms with Crippen molar-refractivity contribution in [3.8, 4) is 0 Å². The number of unbranched alkanes of at least 4 members (excludes halogenated alkanes) is 1. The monoisotopic (exact) mass is 278 g/mol. The van der Waals surface area contributed by atoms with Crippen molar-refractivity contribution in [3.05, 3.63) is 0 Å². The van der Waals surface area contributed by atoms with Crippen molar-refractivity contribution in [1.29, 1.82) is 0 Å². The number of hydrogen-bond donors (Lipinski definition) is 4. The molecular weight excluding hydrogens is 264 g/mol. The third kappa shape index (κ3) is 8.24. The largest absolute Gasteiger partial charge is 0.380 e. The predicted molar refractivity (Wildman–Crippen MR) is 54.4 cm³/mol. The molecule has 0 bridgehead atoms. The first-order valence-corrected chi connectivity index (χ1v) is 6.64. The van der Waals surface area contributed by atoms with E-state index < -0.39 is 21.0 Å². The molecule has 0 aromatic carbocycles. The van der Waals surface area contributed by atoms with Gasteiger partial charge in [-0.1, -0.05) is 5.04 Å². The Bertz CT molecular complexity index is 266. The molecule has 16 heavy (non-hydrogen) atoms. The molecule has 0 aromatic heterocycles. The van der Waals surface area contributed by atoms with Crippen molar-refractivity contribution >= 4 is 22.2 Å². The van der Waals surface area contributed by atoms with E-state index in [1.807, 2.05) is 0 Å². The summed E-state index contributed by atoms with van der Waals surface area (Å²) < 4.78 is 33.2. The zero-order chi connectivity index (χ0) is 12.6. The first kappa shape index (κ1) is 16.1. The normalized spacial score (nSPS) is 16.0. The minimum atomic E-state index is -4.41. The summed E-state index contributed by atoms with van der Waals surface area (Å²) >= 11 is 0.494. The summed E-state index contributed by atoms with van der Waals surface area (Å²) in [6.45, 7) is 0. The van der Waals surface area contributed by atoms with Gasteiger partial charge in [-0.2, -0.15) is 8.42 Å². The lowest BCUT2D eigenvalue weighted by molar-refractivity contribution is -0.432. The molecule has 10 heteroatoms. The minimum Gasteiger partial charge on any atom is -0.380 e. The molecule has 0 rings (SSSR count). The van der Waals surface area contributed by atoms with E-state index >= 15 is 0 Å². The van der Waals surface area contributed by atoms with Crippen molar-refractivity contribution in [3.63, 3.8) is 0 Å². The van der Waals surface area contributed by atoms with Gasteiger partial charge in [0.2, 0.25) is 0 Å². The molecule has 0 heterocycles. The van der Waals surface area contributed by atoms with Gasteiger partial charge in [0, 0.05) is 0 Å². The zero-order valence-corrected chi connectivity index (χ0v) is 9.85. The van der Waals surface area contributed by atoms with Gasteiger partial charge in [-0.3, -0.25) is 4.55 Å². The number of rotatable bonds is 9. The Morgan fingerprint density at radius 2 is 1.75 bits per heavy atom. The molecule has 0 aliphatic carbocycles. The van der Waals surface area contributed by atoms with Gasteiger partial charge in [-0.15, -0.1) is 4.33 Å². The SMILES string of the molecule is O=S(=O)(O)C(O)CCCCC(O)SOOO. The third-order valence-electron chi connectivity index (χ3n) is 1.68. The van der Waals surface area contributed by atoms with Crippen LogP contribution in [0.15, 0.2) is 0 Å². The summed E-state index contributed by atoms with van der Waals surface area (Å²) in [4.78, 5) is 0. The molecule has 8 nitrogen and oxygen atoms in total. The maximum Gasteiger partial charge on any atom is 0.291 e. The maximum absolute atomic E-state index is 10.4. The summed E-state index contributed by atoms with van der Waals surface area (Å²) in [7, 11) is -4.41. The number of hydrogen-bond acceptors (Lipinski definition) is 8. The van der Waals surface area contributed by atoms with E-state index in [9.17, 15) is 8.42 Å². The van der Waals surface area contributed by atoms with Crippen LogP contribution in [-0.4, -0.2) is 39.3 Å². The van der Waals surface area contributed by atoms with Crippen LogP contribution in [0.3, 0.4) is 0 Å². The van der Waals surface area contributed by atoms with E-state index in [4.69, 9.17) is 20.0 Å². The molecule has 0 aromatic rings. The first-order valence-electron chi connectivity index (χ1n) is 4.34. The van der Waals surface area contributed by atoms with Gasteiger partial charge in [0.25, 0.3) is 10.1 Å². The molecule has 0 spiro atoms. The standard InChI is InChI=1S/C6H14O8S2/c7-5(15-14-13-9)3-1-2-4-6(8)16(10,11)12/h5-9H,1-4H2,(H,10,11,12). The van der Waals surface area contributed by atoms with Crippen LogP contribution in [0.2, 0.25) is 0 Å². The van der Waals surface area contributed by atoms with Crippen LogP contribution >= 0.6 is 12.0 Å². The Balaban J connectivity index is 3.53. The van der Waals surface area contributed by atoms with Crippen molar-refractivity contribution in [1.82, 2.24) is 0 Å². The van der Waals surface area contributed by atoms with E-state index in [0.29, 0.717) is 24.9 Å².